The predicted octanol–water partition coefficient (Wildman–Crippen LogP) is -0.0252. The summed E-state index contributed by atoms with van der Waals surface area (Å²) in [6.45, 7) is 1.01. The molecule has 7 heteroatoms. The van der Waals surface area contributed by atoms with Gasteiger partial charge < -0.3 is 24.6 Å². The number of methoxy groups -OCH3 is 1. The number of anilines is 1. The van der Waals surface area contributed by atoms with Gasteiger partial charge in [0.05, 0.1) is 32.1 Å². The van der Waals surface area contributed by atoms with Crippen LogP contribution in [-0.4, -0.2) is 54.9 Å². The molecule has 114 valence electrons. The van der Waals surface area contributed by atoms with Crippen molar-refractivity contribution >= 4 is 17.9 Å². The number of benzene rings is 1. The van der Waals surface area contributed by atoms with Gasteiger partial charge in [-0.2, -0.15) is 0 Å². The Bertz CT molecular complexity index is 559. The van der Waals surface area contributed by atoms with Crippen LogP contribution >= 0.6 is 0 Å². The van der Waals surface area contributed by atoms with E-state index in [0.717, 1.165) is 0 Å². The first kappa shape index (κ1) is 15.3. The number of aliphatic hydroxyl groups is 2. The van der Waals surface area contributed by atoms with E-state index in [4.69, 9.17) is 14.6 Å². The van der Waals surface area contributed by atoms with Crippen LogP contribution in [0.4, 0.5) is 5.69 Å². The van der Waals surface area contributed by atoms with Crippen LogP contribution in [0.1, 0.15) is 17.3 Å². The van der Waals surface area contributed by atoms with E-state index in [9.17, 15) is 14.7 Å². The number of aliphatic hydroxyl groups excluding tert-OH is 2. The summed E-state index contributed by atoms with van der Waals surface area (Å²) in [7, 11) is 1.43. The lowest BCUT2D eigenvalue weighted by Crippen LogP contribution is -2.48. The molecule has 1 aliphatic heterocycles. The van der Waals surface area contributed by atoms with Gasteiger partial charge in [-0.05, 0) is 19.1 Å². The fraction of sp³-hybridized carbons (Fsp3) is 0.429. The van der Waals surface area contributed by atoms with Gasteiger partial charge in [-0.3, -0.25) is 9.59 Å². The predicted molar refractivity (Wildman–Crippen MR) is 73.9 cm³/mol. The van der Waals surface area contributed by atoms with E-state index >= 15 is 0 Å². The molecule has 2 rings (SSSR count). The fourth-order valence-corrected chi connectivity index (χ4v) is 2.17. The van der Waals surface area contributed by atoms with Gasteiger partial charge in [-0.15, -0.1) is 0 Å². The molecule has 2 unspecified atom stereocenters. The molecule has 1 aromatic rings. The molecule has 2 N–H and O–H groups in total. The maximum atomic E-state index is 12.2. The van der Waals surface area contributed by atoms with Gasteiger partial charge in [0.2, 0.25) is 0 Å². The minimum Gasteiger partial charge on any atom is -0.493 e. The van der Waals surface area contributed by atoms with Crippen molar-refractivity contribution in [3.63, 3.8) is 0 Å². The molecule has 1 amide bonds. The van der Waals surface area contributed by atoms with Crippen LogP contribution in [0.2, 0.25) is 0 Å². The fourth-order valence-electron chi connectivity index (χ4n) is 2.17. The second-order valence-electron chi connectivity index (χ2n) is 4.73. The number of nitrogens with zero attached hydrogens (tertiary/aromatic N) is 1. The monoisotopic (exact) mass is 295 g/mol. The molecule has 7 nitrogen and oxygen atoms in total. The second kappa shape index (κ2) is 6.11. The number of ether oxygens (including phenoxy) is 2. The summed E-state index contributed by atoms with van der Waals surface area (Å²) in [5.41, 5.74) is 0.659. The Morgan fingerprint density at radius 3 is 2.81 bits per heavy atom. The number of aldehydes is 1. The highest BCUT2D eigenvalue weighted by atomic mass is 16.5. The average molecular weight is 295 g/mol. The zero-order chi connectivity index (χ0) is 15.6. The number of rotatable bonds is 5. The Kier molecular flexibility index (Phi) is 4.44. The number of fused-ring (bicyclic) bond motifs is 1. The Morgan fingerprint density at radius 2 is 2.24 bits per heavy atom. The number of hydrogen-bond donors (Lipinski definition) is 2. The summed E-state index contributed by atoms with van der Waals surface area (Å²) in [5, 5.41) is 18.6. The van der Waals surface area contributed by atoms with Crippen LogP contribution in [-0.2, 0) is 4.79 Å². The molecular weight excluding hydrogens is 278 g/mol. The molecule has 1 aromatic carbocycles. The van der Waals surface area contributed by atoms with Crippen molar-refractivity contribution in [2.45, 2.75) is 19.1 Å². The SMILES string of the molecule is COc1cc(C=O)cc2c1OC(C)C(=O)N2CC(O)CO. The number of amides is 1. The van der Waals surface area contributed by atoms with Crippen LogP contribution in [0, 0.1) is 0 Å². The molecule has 1 heterocycles. The molecule has 1 aliphatic rings. The number of carbonyl (C=O) groups excluding carboxylic acids is 2. The lowest BCUT2D eigenvalue weighted by molar-refractivity contribution is -0.126. The Hall–Kier alpha value is -2.12. The average Bonchev–Trinajstić information content (AvgIpc) is 2.50. The van der Waals surface area contributed by atoms with Crippen molar-refractivity contribution in [3.8, 4) is 11.5 Å². The molecule has 0 spiro atoms. The van der Waals surface area contributed by atoms with Crippen molar-refractivity contribution < 1.29 is 29.3 Å². The molecule has 0 fully saturated rings. The van der Waals surface area contributed by atoms with E-state index in [-0.39, 0.29) is 12.5 Å². The maximum Gasteiger partial charge on any atom is 0.267 e. The van der Waals surface area contributed by atoms with Gasteiger partial charge in [0, 0.05) is 5.56 Å². The zero-order valence-corrected chi connectivity index (χ0v) is 11.8. The standard InChI is InChI=1S/C14H17NO6/c1-8-14(19)15(5-10(18)7-17)11-3-9(6-16)4-12(20-2)13(11)21-8/h3-4,6,8,10,17-18H,5,7H2,1-2H3. The molecule has 0 aromatic heterocycles. The third kappa shape index (κ3) is 2.84. The van der Waals surface area contributed by atoms with E-state index in [1.165, 1.54) is 24.1 Å². The number of carbonyl (C=O) groups is 2. The van der Waals surface area contributed by atoms with Crippen molar-refractivity contribution in [1.82, 2.24) is 0 Å². The first-order valence-corrected chi connectivity index (χ1v) is 6.46. The summed E-state index contributed by atoms with van der Waals surface area (Å²) in [5.74, 6) is 0.304. The molecule has 0 saturated heterocycles. The van der Waals surface area contributed by atoms with E-state index in [1.807, 2.05) is 0 Å². The highest BCUT2D eigenvalue weighted by Crippen LogP contribution is 2.42. The van der Waals surface area contributed by atoms with Crippen LogP contribution < -0.4 is 14.4 Å². The highest BCUT2D eigenvalue weighted by Gasteiger charge is 2.34. The topological polar surface area (TPSA) is 96.3 Å². The first-order chi connectivity index (χ1) is 10.0. The molecule has 0 bridgehead atoms. The molecule has 0 radical (unpaired) electrons. The van der Waals surface area contributed by atoms with Gasteiger partial charge in [0.1, 0.15) is 6.29 Å². The van der Waals surface area contributed by atoms with Crippen molar-refractivity contribution in [1.29, 1.82) is 0 Å². The number of hydrogen-bond acceptors (Lipinski definition) is 6. The second-order valence-corrected chi connectivity index (χ2v) is 4.73. The van der Waals surface area contributed by atoms with Crippen molar-refractivity contribution in [2.24, 2.45) is 0 Å². The summed E-state index contributed by atoms with van der Waals surface area (Å²) in [6, 6.07) is 2.99. The van der Waals surface area contributed by atoms with Crippen LogP contribution in [0.5, 0.6) is 11.5 Å². The third-order valence-electron chi connectivity index (χ3n) is 3.22. The van der Waals surface area contributed by atoms with Crippen LogP contribution in [0.3, 0.4) is 0 Å². The lowest BCUT2D eigenvalue weighted by atomic mass is 10.1. The number of β-amino-alcohol motifs (C(OH)–C–C–N with tert-alkyl or cyclic N) is 1. The largest absolute Gasteiger partial charge is 0.493 e. The van der Waals surface area contributed by atoms with Crippen LogP contribution in [0.15, 0.2) is 12.1 Å². The quantitative estimate of drug-likeness (QED) is 0.741. The van der Waals surface area contributed by atoms with Crippen molar-refractivity contribution in [2.75, 3.05) is 25.2 Å². The molecule has 21 heavy (non-hydrogen) atoms. The molecule has 0 saturated carbocycles. The minimum absolute atomic E-state index is 0.0957. The van der Waals surface area contributed by atoms with E-state index in [0.29, 0.717) is 29.0 Å². The van der Waals surface area contributed by atoms with Crippen molar-refractivity contribution in [3.05, 3.63) is 17.7 Å². The molecule has 0 aliphatic carbocycles. The van der Waals surface area contributed by atoms with E-state index in [2.05, 4.69) is 0 Å². The lowest BCUT2D eigenvalue weighted by Gasteiger charge is -2.34. The molecule has 2 atom stereocenters. The highest BCUT2D eigenvalue weighted by molar-refractivity contribution is 6.01. The summed E-state index contributed by atoms with van der Waals surface area (Å²) in [4.78, 5) is 24.5. The van der Waals surface area contributed by atoms with Gasteiger partial charge in [0.15, 0.2) is 17.6 Å². The van der Waals surface area contributed by atoms with Gasteiger partial charge >= 0.3 is 0 Å². The van der Waals surface area contributed by atoms with Gasteiger partial charge in [-0.1, -0.05) is 0 Å². The Balaban J connectivity index is 2.53. The minimum atomic E-state index is -1.09. The zero-order valence-electron chi connectivity index (χ0n) is 11.8. The summed E-state index contributed by atoms with van der Waals surface area (Å²) >= 11 is 0. The normalized spacial score (nSPS) is 18.8. The van der Waals surface area contributed by atoms with Gasteiger partial charge in [-0.25, -0.2) is 0 Å². The van der Waals surface area contributed by atoms with Gasteiger partial charge in [0.25, 0.3) is 5.91 Å². The smallest absolute Gasteiger partial charge is 0.267 e. The van der Waals surface area contributed by atoms with E-state index < -0.39 is 18.8 Å². The third-order valence-corrected chi connectivity index (χ3v) is 3.22. The Labute approximate surface area is 121 Å². The van der Waals surface area contributed by atoms with Crippen LogP contribution in [0.25, 0.3) is 0 Å². The Morgan fingerprint density at radius 1 is 1.52 bits per heavy atom. The molecular formula is C14H17NO6. The maximum absolute atomic E-state index is 12.2. The van der Waals surface area contributed by atoms with E-state index in [1.54, 1.807) is 6.92 Å². The summed E-state index contributed by atoms with van der Waals surface area (Å²) < 4.78 is 10.7. The summed E-state index contributed by atoms with van der Waals surface area (Å²) in [6.07, 6.45) is -1.20. The first-order valence-electron chi connectivity index (χ1n) is 6.46.